The molecule has 0 bridgehead atoms. The van der Waals surface area contributed by atoms with Crippen LogP contribution in [0.3, 0.4) is 0 Å². The number of hydrogen-bond donors (Lipinski definition) is 3. The van der Waals surface area contributed by atoms with Crippen LogP contribution in [-0.2, 0) is 19.1 Å². The first-order valence-electron chi connectivity index (χ1n) is 5.31. The molecule has 2 amide bonds. The van der Waals surface area contributed by atoms with E-state index >= 15 is 0 Å². The third-order valence-corrected chi connectivity index (χ3v) is 2.18. The molecule has 19 heavy (non-hydrogen) atoms. The Morgan fingerprint density at radius 2 is 1.84 bits per heavy atom. The van der Waals surface area contributed by atoms with Gasteiger partial charge in [0.1, 0.15) is 12.6 Å². The predicted octanol–water partition coefficient (Wildman–Crippen LogP) is -0.881. The number of carbonyl (C=O) groups is 4. The Kier molecular flexibility index (Phi) is 6.94. The van der Waals surface area contributed by atoms with Gasteiger partial charge < -0.3 is 25.2 Å². The van der Waals surface area contributed by atoms with Gasteiger partial charge in [0.15, 0.2) is 0 Å². The van der Waals surface area contributed by atoms with Crippen molar-refractivity contribution in [3.8, 4) is 0 Å². The van der Waals surface area contributed by atoms with Gasteiger partial charge in [0.25, 0.3) is 0 Å². The van der Waals surface area contributed by atoms with Crippen molar-refractivity contribution in [3.05, 3.63) is 0 Å². The van der Waals surface area contributed by atoms with Crippen molar-refractivity contribution in [2.45, 2.75) is 18.9 Å². The highest BCUT2D eigenvalue weighted by atomic mass is 16.5. The lowest BCUT2D eigenvalue weighted by molar-refractivity contribution is -0.141. The second kappa shape index (κ2) is 7.90. The smallest absolute Gasteiger partial charge is 0.326 e. The van der Waals surface area contributed by atoms with Crippen molar-refractivity contribution in [3.63, 3.8) is 0 Å². The normalized spacial score (nSPS) is 11.3. The quantitative estimate of drug-likeness (QED) is 0.514. The fraction of sp³-hybridized carbons (Fsp3) is 0.600. The van der Waals surface area contributed by atoms with Crippen LogP contribution in [0.4, 0.5) is 4.79 Å². The molecule has 1 unspecified atom stereocenters. The van der Waals surface area contributed by atoms with Crippen LogP contribution < -0.4 is 5.32 Å². The van der Waals surface area contributed by atoms with Crippen molar-refractivity contribution in [1.82, 2.24) is 10.2 Å². The van der Waals surface area contributed by atoms with Crippen LogP contribution >= 0.6 is 0 Å². The molecule has 1 atom stereocenters. The monoisotopic (exact) mass is 276 g/mol. The van der Waals surface area contributed by atoms with Gasteiger partial charge in [-0.1, -0.05) is 0 Å². The molecule has 108 valence electrons. The van der Waals surface area contributed by atoms with Gasteiger partial charge in [-0.15, -0.1) is 0 Å². The second-order valence-corrected chi connectivity index (χ2v) is 3.70. The summed E-state index contributed by atoms with van der Waals surface area (Å²) in [5.41, 5.74) is 0. The van der Waals surface area contributed by atoms with Crippen molar-refractivity contribution < 1.29 is 34.1 Å². The molecule has 0 fully saturated rings. The molecular formula is C10H16N2O7. The van der Waals surface area contributed by atoms with E-state index in [-0.39, 0.29) is 13.0 Å². The Morgan fingerprint density at radius 1 is 1.26 bits per heavy atom. The maximum Gasteiger partial charge on any atom is 0.326 e. The Bertz CT molecular complexity index is 369. The second-order valence-electron chi connectivity index (χ2n) is 3.70. The Hall–Kier alpha value is -2.32. The summed E-state index contributed by atoms with van der Waals surface area (Å²) in [6.07, 6.45) is -0.638. The lowest BCUT2D eigenvalue weighted by Gasteiger charge is -2.20. The lowest BCUT2D eigenvalue weighted by atomic mass is 10.1. The molecular weight excluding hydrogens is 260 g/mol. The summed E-state index contributed by atoms with van der Waals surface area (Å²) >= 11 is 0. The molecule has 0 spiro atoms. The first-order valence-corrected chi connectivity index (χ1v) is 5.31. The molecule has 0 heterocycles. The molecule has 3 N–H and O–H groups in total. The maximum absolute atomic E-state index is 11.6. The van der Waals surface area contributed by atoms with Gasteiger partial charge in [0, 0.05) is 13.5 Å². The number of hydrogen-bond acceptors (Lipinski definition) is 5. The summed E-state index contributed by atoms with van der Waals surface area (Å²) in [6.45, 7) is -0.340. The molecule has 0 radical (unpaired) electrons. The highest BCUT2D eigenvalue weighted by Crippen LogP contribution is 1.99. The third kappa shape index (κ3) is 6.86. The average molecular weight is 276 g/mol. The first-order chi connectivity index (χ1) is 8.77. The van der Waals surface area contributed by atoms with Gasteiger partial charge in [-0.2, -0.15) is 0 Å². The van der Waals surface area contributed by atoms with Gasteiger partial charge in [-0.25, -0.2) is 9.59 Å². The van der Waals surface area contributed by atoms with E-state index in [1.54, 1.807) is 0 Å². The van der Waals surface area contributed by atoms with Gasteiger partial charge in [-0.3, -0.25) is 9.59 Å². The number of carbonyl (C=O) groups excluding carboxylic acids is 2. The van der Waals surface area contributed by atoms with E-state index < -0.39 is 36.4 Å². The number of urea groups is 1. The zero-order chi connectivity index (χ0) is 15.0. The summed E-state index contributed by atoms with van der Waals surface area (Å²) in [5.74, 6) is -3.17. The van der Waals surface area contributed by atoms with Crippen molar-refractivity contribution in [2.24, 2.45) is 0 Å². The zero-order valence-corrected chi connectivity index (χ0v) is 10.6. The van der Waals surface area contributed by atoms with Gasteiger partial charge in [0.05, 0.1) is 7.11 Å². The number of carboxylic acid groups (broad SMARTS) is 2. The molecule has 0 aliphatic heterocycles. The molecule has 0 aromatic carbocycles. The summed E-state index contributed by atoms with van der Waals surface area (Å²) in [7, 11) is 2.43. The first kappa shape index (κ1) is 16.7. The van der Waals surface area contributed by atoms with E-state index in [4.69, 9.17) is 10.2 Å². The zero-order valence-electron chi connectivity index (χ0n) is 10.6. The molecule has 0 rings (SSSR count). The van der Waals surface area contributed by atoms with Crippen molar-refractivity contribution >= 4 is 23.9 Å². The standard InChI is InChI=1S/C10H16N2O7/c1-12(5-8(15)19-2)10(18)11-6(9(16)17)3-4-7(13)14/h6H,3-5H2,1-2H3,(H,11,18)(H,13,14)(H,16,17). The van der Waals surface area contributed by atoms with Crippen LogP contribution in [0.2, 0.25) is 0 Å². The van der Waals surface area contributed by atoms with E-state index in [9.17, 15) is 19.2 Å². The van der Waals surface area contributed by atoms with Crippen molar-refractivity contribution in [2.75, 3.05) is 20.7 Å². The number of nitrogens with one attached hydrogen (secondary N) is 1. The van der Waals surface area contributed by atoms with E-state index in [2.05, 4.69) is 10.1 Å². The van der Waals surface area contributed by atoms with Crippen LogP contribution in [-0.4, -0.2) is 65.8 Å². The topological polar surface area (TPSA) is 133 Å². The molecule has 0 aromatic heterocycles. The van der Waals surface area contributed by atoms with E-state index in [1.807, 2.05) is 0 Å². The number of methoxy groups -OCH3 is 1. The highest BCUT2D eigenvalue weighted by Gasteiger charge is 2.23. The summed E-state index contributed by atoms with van der Waals surface area (Å²) in [6, 6.07) is -2.13. The van der Waals surface area contributed by atoms with Crippen LogP contribution in [0.15, 0.2) is 0 Å². The summed E-state index contributed by atoms with van der Waals surface area (Å²) < 4.78 is 4.35. The van der Waals surface area contributed by atoms with Crippen LogP contribution in [0.25, 0.3) is 0 Å². The molecule has 0 saturated heterocycles. The number of amides is 2. The molecule has 0 aromatic rings. The number of rotatable bonds is 7. The minimum absolute atomic E-state index is 0.248. The van der Waals surface area contributed by atoms with Gasteiger partial charge >= 0.3 is 23.9 Å². The average Bonchev–Trinajstić information content (AvgIpc) is 2.32. The molecule has 0 saturated carbocycles. The van der Waals surface area contributed by atoms with E-state index in [0.717, 1.165) is 12.0 Å². The Balaban J connectivity index is 4.41. The number of aliphatic carboxylic acids is 2. The minimum Gasteiger partial charge on any atom is -0.481 e. The van der Waals surface area contributed by atoms with E-state index in [0.29, 0.717) is 0 Å². The summed E-state index contributed by atoms with van der Waals surface area (Å²) in [4.78, 5) is 44.6. The number of esters is 1. The molecule has 0 aliphatic rings. The number of nitrogens with zero attached hydrogens (tertiary/aromatic N) is 1. The fourth-order valence-corrected chi connectivity index (χ4v) is 1.11. The predicted molar refractivity (Wildman–Crippen MR) is 61.5 cm³/mol. The highest BCUT2D eigenvalue weighted by molar-refractivity contribution is 5.85. The largest absolute Gasteiger partial charge is 0.481 e. The summed E-state index contributed by atoms with van der Waals surface area (Å²) in [5, 5.41) is 19.4. The Labute approximate surface area is 109 Å². The SMILES string of the molecule is COC(=O)CN(C)C(=O)NC(CCC(=O)O)C(=O)O. The van der Waals surface area contributed by atoms with Crippen molar-refractivity contribution in [1.29, 1.82) is 0 Å². The lowest BCUT2D eigenvalue weighted by Crippen LogP contribution is -2.48. The maximum atomic E-state index is 11.6. The Morgan fingerprint density at radius 3 is 2.26 bits per heavy atom. The van der Waals surface area contributed by atoms with Crippen LogP contribution in [0.1, 0.15) is 12.8 Å². The van der Waals surface area contributed by atoms with Gasteiger partial charge in [-0.05, 0) is 6.42 Å². The van der Waals surface area contributed by atoms with Crippen LogP contribution in [0, 0.1) is 0 Å². The number of likely N-dealkylation sites (N-methyl/N-ethyl adjacent to an activating group) is 1. The van der Waals surface area contributed by atoms with E-state index in [1.165, 1.54) is 7.05 Å². The van der Waals surface area contributed by atoms with Crippen LogP contribution in [0.5, 0.6) is 0 Å². The molecule has 9 heteroatoms. The number of carboxylic acids is 2. The number of ether oxygens (including phenoxy) is 1. The van der Waals surface area contributed by atoms with Gasteiger partial charge in [0.2, 0.25) is 0 Å². The third-order valence-electron chi connectivity index (χ3n) is 2.18. The molecule has 0 aliphatic carbocycles. The fourth-order valence-electron chi connectivity index (χ4n) is 1.11. The minimum atomic E-state index is -1.35. The molecule has 9 nitrogen and oxygen atoms in total.